The third kappa shape index (κ3) is 6.68. The summed E-state index contributed by atoms with van der Waals surface area (Å²) < 4.78 is 0. The Morgan fingerprint density at radius 2 is 1.96 bits per heavy atom. The summed E-state index contributed by atoms with van der Waals surface area (Å²) in [7, 11) is 1.60. The zero-order valence-corrected chi connectivity index (χ0v) is 17.5. The Bertz CT molecular complexity index is 592. The molecule has 7 nitrogen and oxygen atoms in total. The van der Waals surface area contributed by atoms with E-state index in [1.165, 1.54) is 21.6 Å². The first-order valence-corrected chi connectivity index (χ1v) is 10.3. The van der Waals surface area contributed by atoms with Crippen LogP contribution in [0.4, 0.5) is 0 Å². The molecule has 0 aromatic rings. The Hall–Kier alpha value is -1.83. The summed E-state index contributed by atoms with van der Waals surface area (Å²) in [6, 6.07) is -0.607. The molecule has 4 amide bonds. The highest BCUT2D eigenvalue weighted by atomic mass is 32.2. The minimum Gasteiger partial charge on any atom is -0.368 e. The average molecular weight is 398 g/mol. The molecule has 0 aromatic heterocycles. The topological polar surface area (TPSA) is 101 Å². The molecule has 1 aliphatic rings. The van der Waals surface area contributed by atoms with Crippen molar-refractivity contribution in [3.8, 4) is 0 Å². The first kappa shape index (κ1) is 23.2. The lowest BCUT2D eigenvalue weighted by Gasteiger charge is -2.28. The molecule has 0 spiro atoms. The van der Waals surface area contributed by atoms with E-state index < -0.39 is 11.9 Å². The van der Waals surface area contributed by atoms with Crippen LogP contribution in [0.5, 0.6) is 0 Å². The number of nitrogens with two attached hydrogens (primary N) is 1. The van der Waals surface area contributed by atoms with Gasteiger partial charge in [-0.15, -0.1) is 11.8 Å². The largest absolute Gasteiger partial charge is 0.368 e. The van der Waals surface area contributed by atoms with Crippen molar-refractivity contribution >= 4 is 35.4 Å². The van der Waals surface area contributed by atoms with Crippen molar-refractivity contribution in [1.29, 1.82) is 0 Å². The van der Waals surface area contributed by atoms with Crippen LogP contribution in [0.15, 0.2) is 11.5 Å². The van der Waals surface area contributed by atoms with E-state index >= 15 is 0 Å². The summed E-state index contributed by atoms with van der Waals surface area (Å²) in [5.41, 5.74) is 5.38. The van der Waals surface area contributed by atoms with E-state index in [9.17, 15) is 19.2 Å². The van der Waals surface area contributed by atoms with Gasteiger partial charge >= 0.3 is 0 Å². The first-order valence-electron chi connectivity index (χ1n) is 9.36. The highest BCUT2D eigenvalue weighted by Crippen LogP contribution is 2.26. The van der Waals surface area contributed by atoms with Gasteiger partial charge in [-0.1, -0.05) is 26.3 Å². The molecule has 1 unspecified atom stereocenters. The Balaban J connectivity index is 2.36. The predicted molar refractivity (Wildman–Crippen MR) is 107 cm³/mol. The Labute approximate surface area is 165 Å². The Morgan fingerprint density at radius 1 is 1.30 bits per heavy atom. The minimum absolute atomic E-state index is 0.0444. The number of carbonyl (C=O) groups excluding carboxylic acids is 4. The zero-order valence-electron chi connectivity index (χ0n) is 16.6. The first-order chi connectivity index (χ1) is 12.7. The van der Waals surface area contributed by atoms with E-state index in [2.05, 4.69) is 0 Å². The SMILES string of the molecule is C/C=C\SC1CC(=O)N(CCCCCC(=O)N(C)[C@H](C(N)=O)C(C)C)C1=O. The Morgan fingerprint density at radius 3 is 2.52 bits per heavy atom. The molecule has 0 aliphatic carbocycles. The maximum absolute atomic E-state index is 12.3. The summed E-state index contributed by atoms with van der Waals surface area (Å²) in [5.74, 6) is -0.919. The lowest BCUT2D eigenvalue weighted by Crippen LogP contribution is -2.48. The molecule has 2 atom stereocenters. The molecule has 1 fully saturated rings. The van der Waals surface area contributed by atoms with Gasteiger partial charge in [0.2, 0.25) is 23.6 Å². The van der Waals surface area contributed by atoms with Crippen LogP contribution in [0.3, 0.4) is 0 Å². The number of likely N-dealkylation sites (tertiary alicyclic amines) is 1. The van der Waals surface area contributed by atoms with Gasteiger partial charge in [-0.3, -0.25) is 24.1 Å². The maximum atomic E-state index is 12.3. The zero-order chi connectivity index (χ0) is 20.6. The third-order valence-electron chi connectivity index (χ3n) is 4.59. The van der Waals surface area contributed by atoms with Crippen molar-refractivity contribution in [3.05, 3.63) is 11.5 Å². The third-order valence-corrected chi connectivity index (χ3v) is 5.71. The molecular weight excluding hydrogens is 366 g/mol. The summed E-state index contributed by atoms with van der Waals surface area (Å²) in [4.78, 5) is 50.7. The van der Waals surface area contributed by atoms with Crippen LogP contribution in [0.25, 0.3) is 0 Å². The van der Waals surface area contributed by atoms with Gasteiger partial charge in [-0.25, -0.2) is 0 Å². The number of unbranched alkanes of at least 4 members (excludes halogenated alkanes) is 2. The molecule has 1 rings (SSSR count). The van der Waals surface area contributed by atoms with Gasteiger partial charge in [-0.05, 0) is 31.1 Å². The molecule has 2 N–H and O–H groups in total. The summed E-state index contributed by atoms with van der Waals surface area (Å²) >= 11 is 1.38. The molecule has 27 heavy (non-hydrogen) atoms. The number of imide groups is 1. The van der Waals surface area contributed by atoms with Crippen LogP contribution in [-0.2, 0) is 19.2 Å². The number of hydrogen-bond donors (Lipinski definition) is 1. The quantitative estimate of drug-likeness (QED) is 0.424. The smallest absolute Gasteiger partial charge is 0.243 e. The van der Waals surface area contributed by atoms with Gasteiger partial charge in [0, 0.05) is 26.4 Å². The fourth-order valence-corrected chi connectivity index (χ4v) is 4.02. The summed E-state index contributed by atoms with van der Waals surface area (Å²) in [6.07, 6.45) is 4.45. The summed E-state index contributed by atoms with van der Waals surface area (Å²) in [6.45, 7) is 5.97. The van der Waals surface area contributed by atoms with Crippen molar-refractivity contribution in [2.75, 3.05) is 13.6 Å². The van der Waals surface area contributed by atoms with Crippen molar-refractivity contribution in [3.63, 3.8) is 0 Å². The van der Waals surface area contributed by atoms with Crippen LogP contribution in [0.2, 0.25) is 0 Å². The predicted octanol–water partition coefficient (Wildman–Crippen LogP) is 1.91. The normalized spacial score (nSPS) is 18.6. The van der Waals surface area contributed by atoms with E-state index in [1.807, 2.05) is 32.3 Å². The number of rotatable bonds is 11. The second kappa shape index (κ2) is 11.1. The van der Waals surface area contributed by atoms with E-state index in [4.69, 9.17) is 5.73 Å². The van der Waals surface area contributed by atoms with Gasteiger partial charge in [0.15, 0.2) is 0 Å². The number of thioether (sulfide) groups is 1. The highest BCUT2D eigenvalue weighted by Gasteiger charge is 2.37. The van der Waals surface area contributed by atoms with Gasteiger partial charge in [0.05, 0.1) is 5.25 Å². The van der Waals surface area contributed by atoms with E-state index in [0.29, 0.717) is 25.8 Å². The second-order valence-corrected chi connectivity index (χ2v) is 8.20. The monoisotopic (exact) mass is 397 g/mol. The van der Waals surface area contributed by atoms with E-state index in [0.717, 1.165) is 6.42 Å². The average Bonchev–Trinajstić information content (AvgIpc) is 2.85. The number of nitrogens with zero attached hydrogens (tertiary/aromatic N) is 2. The van der Waals surface area contributed by atoms with E-state index in [-0.39, 0.29) is 35.3 Å². The van der Waals surface area contributed by atoms with Crippen molar-refractivity contribution < 1.29 is 19.2 Å². The fourth-order valence-electron chi connectivity index (χ4n) is 3.19. The number of hydrogen-bond acceptors (Lipinski definition) is 5. The number of primary amides is 1. The van der Waals surface area contributed by atoms with Crippen LogP contribution >= 0.6 is 11.8 Å². The van der Waals surface area contributed by atoms with Gasteiger partial charge in [0.25, 0.3) is 0 Å². The highest BCUT2D eigenvalue weighted by molar-refractivity contribution is 8.03. The molecule has 1 heterocycles. The van der Waals surface area contributed by atoms with Crippen molar-refractivity contribution in [1.82, 2.24) is 9.80 Å². The lowest BCUT2D eigenvalue weighted by molar-refractivity contribution is -0.139. The number of likely N-dealkylation sites (N-methyl/N-ethyl adjacent to an activating group) is 1. The fraction of sp³-hybridized carbons (Fsp3) is 0.684. The molecule has 152 valence electrons. The molecule has 0 aromatic carbocycles. The molecule has 1 saturated heterocycles. The van der Waals surface area contributed by atoms with Gasteiger partial charge in [-0.2, -0.15) is 0 Å². The molecular formula is C19H31N3O4S. The van der Waals surface area contributed by atoms with Gasteiger partial charge < -0.3 is 10.6 Å². The summed E-state index contributed by atoms with van der Waals surface area (Å²) in [5, 5.41) is 1.52. The number of amides is 4. The molecule has 0 bridgehead atoms. The van der Waals surface area contributed by atoms with Crippen LogP contribution in [0.1, 0.15) is 52.9 Å². The molecule has 1 aliphatic heterocycles. The van der Waals surface area contributed by atoms with Gasteiger partial charge in [0.1, 0.15) is 6.04 Å². The van der Waals surface area contributed by atoms with Crippen LogP contribution < -0.4 is 5.73 Å². The number of carbonyl (C=O) groups is 4. The van der Waals surface area contributed by atoms with Crippen LogP contribution in [-0.4, -0.2) is 58.3 Å². The standard InChI is InChI=1S/C19H31N3O4S/c1-5-11-27-14-12-16(24)22(19(14)26)10-8-6-7-9-15(23)21(4)17(13(2)3)18(20)25/h5,11,13-14,17H,6-10,12H2,1-4H3,(H2,20,25)/b11-5-/t14?,17-/m0/s1. The molecule has 8 heteroatoms. The lowest BCUT2D eigenvalue weighted by atomic mass is 10.0. The molecule has 0 radical (unpaired) electrons. The van der Waals surface area contributed by atoms with E-state index in [1.54, 1.807) is 7.05 Å². The minimum atomic E-state index is -0.607. The maximum Gasteiger partial charge on any atom is 0.243 e. The van der Waals surface area contributed by atoms with Crippen molar-refractivity contribution in [2.45, 2.75) is 64.2 Å². The van der Waals surface area contributed by atoms with Crippen molar-refractivity contribution in [2.24, 2.45) is 11.7 Å². The second-order valence-electron chi connectivity index (χ2n) is 7.09. The number of allylic oxidation sites excluding steroid dienone is 1. The van der Waals surface area contributed by atoms with Crippen LogP contribution in [0, 0.1) is 5.92 Å². The Kier molecular flexibility index (Phi) is 9.55. The molecule has 0 saturated carbocycles.